The first-order chi connectivity index (χ1) is 10.7. The molecule has 0 saturated carbocycles. The van der Waals surface area contributed by atoms with Gasteiger partial charge in [0.25, 0.3) is 0 Å². The molecule has 0 aromatic rings. The van der Waals surface area contributed by atoms with Gasteiger partial charge in [-0.2, -0.15) is 11.8 Å². The molecule has 2 saturated heterocycles. The smallest absolute Gasteiger partial charge is 0.239 e. The molecular weight excluding hydrogens is 336 g/mol. The molecule has 2 rings (SSSR count). The molecular formula is C16H31ClN2O3S. The predicted molar refractivity (Wildman–Crippen MR) is 97.4 cm³/mol. The van der Waals surface area contributed by atoms with E-state index in [1.165, 1.54) is 12.8 Å². The maximum atomic E-state index is 12.2. The Balaban J connectivity index is 0.00000264. The molecule has 0 bridgehead atoms. The second-order valence-corrected chi connectivity index (χ2v) is 7.22. The minimum absolute atomic E-state index is 0. The molecule has 1 amide bonds. The van der Waals surface area contributed by atoms with Gasteiger partial charge in [-0.05, 0) is 50.5 Å². The van der Waals surface area contributed by atoms with Crippen molar-refractivity contribution < 1.29 is 14.3 Å². The molecule has 5 nitrogen and oxygen atoms in total. The number of nitrogens with zero attached hydrogens (tertiary/aromatic N) is 1. The van der Waals surface area contributed by atoms with Crippen molar-refractivity contribution in [3.8, 4) is 0 Å². The van der Waals surface area contributed by atoms with E-state index in [1.807, 2.05) is 11.2 Å². The fraction of sp³-hybridized carbons (Fsp3) is 0.938. The second kappa shape index (κ2) is 11.5. The van der Waals surface area contributed by atoms with Crippen LogP contribution in [0.25, 0.3) is 0 Å². The van der Waals surface area contributed by atoms with Crippen LogP contribution in [0.1, 0.15) is 38.5 Å². The second-order valence-electron chi connectivity index (χ2n) is 6.23. The largest absolute Gasteiger partial charge is 0.376 e. The van der Waals surface area contributed by atoms with Crippen LogP contribution >= 0.6 is 24.2 Å². The molecule has 0 aromatic carbocycles. The lowest BCUT2D eigenvalue weighted by molar-refractivity contribution is -0.136. The van der Waals surface area contributed by atoms with Crippen LogP contribution in [0, 0.1) is 0 Å². The third-order valence-corrected chi connectivity index (χ3v) is 5.14. The van der Waals surface area contributed by atoms with E-state index in [2.05, 4.69) is 0 Å². The summed E-state index contributed by atoms with van der Waals surface area (Å²) < 4.78 is 11.7. The van der Waals surface area contributed by atoms with Gasteiger partial charge in [0.05, 0.1) is 24.9 Å². The van der Waals surface area contributed by atoms with Gasteiger partial charge >= 0.3 is 0 Å². The first-order valence-electron chi connectivity index (χ1n) is 8.47. The van der Waals surface area contributed by atoms with E-state index in [1.54, 1.807) is 11.8 Å². The summed E-state index contributed by atoms with van der Waals surface area (Å²) in [6.07, 6.45) is 8.68. The number of carbonyl (C=O) groups excluding carboxylic acids is 1. The van der Waals surface area contributed by atoms with E-state index in [0.29, 0.717) is 6.61 Å². The SMILES string of the molecule is CSCC[C@H](N)C(=O)N1CCC(OCC2CCCCO2)CC1.Cl. The van der Waals surface area contributed by atoms with Crippen LogP contribution < -0.4 is 5.73 Å². The Hall–Kier alpha value is -0.0100. The number of ether oxygens (including phenoxy) is 2. The fourth-order valence-corrected chi connectivity index (χ4v) is 3.52. The van der Waals surface area contributed by atoms with Gasteiger partial charge < -0.3 is 20.1 Å². The van der Waals surface area contributed by atoms with Gasteiger partial charge in [-0.15, -0.1) is 12.4 Å². The van der Waals surface area contributed by atoms with Gasteiger partial charge in [0.15, 0.2) is 0 Å². The van der Waals surface area contributed by atoms with Gasteiger partial charge in [-0.25, -0.2) is 0 Å². The monoisotopic (exact) mass is 366 g/mol. The third-order valence-electron chi connectivity index (χ3n) is 4.50. The van der Waals surface area contributed by atoms with Crippen LogP contribution in [0.3, 0.4) is 0 Å². The van der Waals surface area contributed by atoms with E-state index in [0.717, 1.165) is 51.1 Å². The number of amides is 1. The molecule has 1 unspecified atom stereocenters. The van der Waals surface area contributed by atoms with Crippen LogP contribution in [-0.2, 0) is 14.3 Å². The summed E-state index contributed by atoms with van der Waals surface area (Å²) in [5.74, 6) is 1.04. The Morgan fingerprint density at radius 3 is 2.70 bits per heavy atom. The average molecular weight is 367 g/mol. The summed E-state index contributed by atoms with van der Waals surface area (Å²) in [6.45, 7) is 3.10. The first-order valence-corrected chi connectivity index (χ1v) is 9.86. The number of thioether (sulfide) groups is 1. The lowest BCUT2D eigenvalue weighted by Gasteiger charge is -2.34. The topological polar surface area (TPSA) is 64.8 Å². The van der Waals surface area contributed by atoms with E-state index in [9.17, 15) is 4.79 Å². The third kappa shape index (κ3) is 7.18. The maximum Gasteiger partial charge on any atom is 0.239 e. The zero-order chi connectivity index (χ0) is 15.8. The van der Waals surface area contributed by atoms with Crippen molar-refractivity contribution in [2.75, 3.05) is 38.3 Å². The van der Waals surface area contributed by atoms with Crippen LogP contribution in [0.4, 0.5) is 0 Å². The molecule has 2 atom stereocenters. The van der Waals surface area contributed by atoms with Crippen molar-refractivity contribution in [3.63, 3.8) is 0 Å². The molecule has 2 aliphatic rings. The highest BCUT2D eigenvalue weighted by molar-refractivity contribution is 7.98. The Morgan fingerprint density at radius 2 is 2.09 bits per heavy atom. The number of rotatable bonds is 7. The summed E-state index contributed by atoms with van der Waals surface area (Å²) in [5, 5.41) is 0. The molecule has 2 fully saturated rings. The molecule has 0 radical (unpaired) electrons. The maximum absolute atomic E-state index is 12.2. The molecule has 23 heavy (non-hydrogen) atoms. The predicted octanol–water partition coefficient (Wildman–Crippen LogP) is 2.07. The summed E-state index contributed by atoms with van der Waals surface area (Å²) >= 11 is 1.73. The number of nitrogens with two attached hydrogens (primary N) is 1. The number of halogens is 1. The Bertz CT molecular complexity index is 335. The zero-order valence-electron chi connectivity index (χ0n) is 14.1. The highest BCUT2D eigenvalue weighted by Crippen LogP contribution is 2.18. The minimum atomic E-state index is -0.347. The van der Waals surface area contributed by atoms with Crippen molar-refractivity contribution in [2.45, 2.75) is 56.8 Å². The van der Waals surface area contributed by atoms with Crippen molar-refractivity contribution in [3.05, 3.63) is 0 Å². The molecule has 2 aliphatic heterocycles. The Morgan fingerprint density at radius 1 is 1.35 bits per heavy atom. The Labute approximate surface area is 150 Å². The zero-order valence-corrected chi connectivity index (χ0v) is 15.7. The fourth-order valence-electron chi connectivity index (χ4n) is 3.03. The van der Waals surface area contributed by atoms with Gasteiger partial charge in [-0.3, -0.25) is 4.79 Å². The average Bonchev–Trinajstić information content (AvgIpc) is 2.58. The van der Waals surface area contributed by atoms with E-state index in [-0.39, 0.29) is 36.6 Å². The standard InChI is InChI=1S/C16H30N2O3S.ClH/c1-22-11-7-15(17)16(19)18-8-5-13(6-9-18)21-12-14-4-2-3-10-20-14;/h13-15H,2-12,17H2,1H3;1H/t14?,15-;/m0./s1. The normalized spacial score (nSPS) is 24.1. The van der Waals surface area contributed by atoms with Crippen LogP contribution in [0.15, 0.2) is 0 Å². The number of hydrogen-bond acceptors (Lipinski definition) is 5. The lowest BCUT2D eigenvalue weighted by Crippen LogP contribution is -2.48. The van der Waals surface area contributed by atoms with Crippen molar-refractivity contribution in [1.29, 1.82) is 0 Å². The number of piperidine rings is 1. The number of carbonyl (C=O) groups is 1. The summed E-state index contributed by atoms with van der Waals surface area (Å²) in [6, 6.07) is -0.347. The lowest BCUT2D eigenvalue weighted by atomic mass is 10.1. The van der Waals surface area contributed by atoms with Crippen molar-refractivity contribution in [2.24, 2.45) is 5.73 Å². The summed E-state index contributed by atoms with van der Waals surface area (Å²) in [7, 11) is 0. The van der Waals surface area contributed by atoms with Gasteiger partial charge in [0, 0.05) is 19.7 Å². The molecule has 7 heteroatoms. The highest BCUT2D eigenvalue weighted by Gasteiger charge is 2.27. The minimum Gasteiger partial charge on any atom is -0.376 e. The van der Waals surface area contributed by atoms with Gasteiger partial charge in [0.2, 0.25) is 5.91 Å². The van der Waals surface area contributed by atoms with E-state index >= 15 is 0 Å². The van der Waals surface area contributed by atoms with Gasteiger partial charge in [-0.1, -0.05) is 0 Å². The Kier molecular flexibility index (Phi) is 10.5. The quantitative estimate of drug-likeness (QED) is 0.747. The highest BCUT2D eigenvalue weighted by atomic mass is 35.5. The van der Waals surface area contributed by atoms with Crippen molar-refractivity contribution >= 4 is 30.1 Å². The molecule has 0 aromatic heterocycles. The molecule has 0 spiro atoms. The number of hydrogen-bond donors (Lipinski definition) is 1. The van der Waals surface area contributed by atoms with Crippen LogP contribution in [0.5, 0.6) is 0 Å². The van der Waals surface area contributed by atoms with E-state index < -0.39 is 0 Å². The van der Waals surface area contributed by atoms with Gasteiger partial charge in [0.1, 0.15) is 0 Å². The molecule has 136 valence electrons. The summed E-state index contributed by atoms with van der Waals surface area (Å²) in [5.41, 5.74) is 5.97. The van der Waals surface area contributed by atoms with E-state index in [4.69, 9.17) is 15.2 Å². The first kappa shape index (κ1) is 21.0. The van der Waals surface area contributed by atoms with Crippen molar-refractivity contribution in [1.82, 2.24) is 4.90 Å². The van der Waals surface area contributed by atoms with Crippen LogP contribution in [0.2, 0.25) is 0 Å². The number of likely N-dealkylation sites (tertiary alicyclic amines) is 1. The molecule has 2 N–H and O–H groups in total. The summed E-state index contributed by atoms with van der Waals surface area (Å²) in [4.78, 5) is 14.2. The van der Waals surface area contributed by atoms with Crippen LogP contribution in [-0.4, -0.2) is 67.4 Å². The molecule has 0 aliphatic carbocycles. The molecule has 2 heterocycles.